The molecule has 18 heavy (non-hydrogen) atoms. The average molecular weight is 276 g/mol. The molecule has 0 aliphatic heterocycles. The topological polar surface area (TPSA) is 33.1 Å². The summed E-state index contributed by atoms with van der Waals surface area (Å²) in [6.07, 6.45) is 0. The maximum Gasteiger partial charge on any atom is 0.155 e. The average Bonchev–Trinajstić information content (AvgIpc) is 2.73. The van der Waals surface area contributed by atoms with E-state index in [0.29, 0.717) is 9.66 Å². The fraction of sp³-hybridized carbons (Fsp3) is 0.0769. The molecule has 3 rings (SSSR count). The van der Waals surface area contributed by atoms with E-state index in [0.717, 1.165) is 22.6 Å². The predicted octanol–water partition coefficient (Wildman–Crippen LogP) is 4.02. The first-order valence-electron chi connectivity index (χ1n) is 5.49. The van der Waals surface area contributed by atoms with E-state index in [1.807, 2.05) is 43.3 Å². The van der Waals surface area contributed by atoms with Crippen LogP contribution in [-0.2, 0) is 0 Å². The van der Waals surface area contributed by atoms with Crippen molar-refractivity contribution in [3.8, 4) is 11.3 Å². The number of aromatic amines is 1. The number of hydrogen-bond donors (Lipinski definition) is 1. The van der Waals surface area contributed by atoms with Gasteiger partial charge in [-0.25, -0.2) is 9.50 Å². The van der Waals surface area contributed by atoms with Crippen LogP contribution in [0.5, 0.6) is 0 Å². The Hall–Kier alpha value is -1.65. The Morgan fingerprint density at radius 2 is 2.11 bits per heavy atom. The zero-order chi connectivity index (χ0) is 12.7. The minimum Gasteiger partial charge on any atom is -0.291 e. The maximum absolute atomic E-state index is 5.99. The van der Waals surface area contributed by atoms with Crippen LogP contribution in [0.3, 0.4) is 0 Å². The van der Waals surface area contributed by atoms with Crippen molar-refractivity contribution in [2.75, 3.05) is 0 Å². The molecule has 0 aliphatic carbocycles. The van der Waals surface area contributed by atoms with Crippen molar-refractivity contribution < 1.29 is 0 Å². The number of nitrogens with one attached hydrogen (secondary N) is 1. The Bertz CT molecular complexity index is 788. The van der Waals surface area contributed by atoms with Crippen molar-refractivity contribution in [2.24, 2.45) is 0 Å². The number of halogens is 1. The number of nitrogens with zero attached hydrogens (tertiary/aromatic N) is 2. The van der Waals surface area contributed by atoms with Crippen LogP contribution in [0.25, 0.3) is 16.9 Å². The lowest BCUT2D eigenvalue weighted by Gasteiger charge is -1.97. The molecule has 1 aromatic carbocycles. The molecule has 0 fully saturated rings. The molecular formula is C13H10ClN3S. The van der Waals surface area contributed by atoms with Gasteiger partial charge in [-0.05, 0) is 25.1 Å². The number of aryl methyl sites for hydroxylation is 1. The Morgan fingerprint density at radius 1 is 1.28 bits per heavy atom. The first-order chi connectivity index (χ1) is 8.63. The highest BCUT2D eigenvalue weighted by Crippen LogP contribution is 2.22. The van der Waals surface area contributed by atoms with Gasteiger partial charge in [-0.2, -0.15) is 0 Å². The lowest BCUT2D eigenvalue weighted by atomic mass is 10.1. The molecule has 5 heteroatoms. The normalized spacial score (nSPS) is 11.0. The molecule has 3 aromatic rings. The van der Waals surface area contributed by atoms with Gasteiger partial charge in [-0.15, -0.1) is 0 Å². The molecule has 90 valence electrons. The van der Waals surface area contributed by atoms with Gasteiger partial charge in [0.05, 0.1) is 5.69 Å². The summed E-state index contributed by atoms with van der Waals surface area (Å²) in [5, 5.41) is 3.93. The van der Waals surface area contributed by atoms with E-state index >= 15 is 0 Å². The lowest BCUT2D eigenvalue weighted by Crippen LogP contribution is -1.93. The Labute approximate surface area is 114 Å². The van der Waals surface area contributed by atoms with Crippen LogP contribution in [0.2, 0.25) is 5.02 Å². The minimum atomic E-state index is 0.707. The monoisotopic (exact) mass is 275 g/mol. The summed E-state index contributed by atoms with van der Waals surface area (Å²) >= 11 is 11.3. The van der Waals surface area contributed by atoms with Crippen molar-refractivity contribution >= 4 is 29.5 Å². The fourth-order valence-corrected chi connectivity index (χ4v) is 2.41. The Morgan fingerprint density at radius 3 is 2.89 bits per heavy atom. The zero-order valence-corrected chi connectivity index (χ0v) is 11.2. The highest BCUT2D eigenvalue weighted by atomic mass is 35.5. The second-order valence-electron chi connectivity index (χ2n) is 4.11. The van der Waals surface area contributed by atoms with Crippen LogP contribution in [0.1, 0.15) is 5.69 Å². The molecule has 0 amide bonds. The van der Waals surface area contributed by atoms with E-state index in [1.165, 1.54) is 0 Å². The SMILES string of the molecule is Cc1cc(=S)n2[nH]c(-c3cccc(Cl)c3)cc2n1. The Balaban J connectivity index is 2.26. The molecule has 0 saturated carbocycles. The number of aromatic nitrogens is 3. The largest absolute Gasteiger partial charge is 0.291 e. The van der Waals surface area contributed by atoms with Crippen molar-refractivity contribution in [3.05, 3.63) is 51.8 Å². The summed E-state index contributed by atoms with van der Waals surface area (Å²) in [6.45, 7) is 1.93. The van der Waals surface area contributed by atoms with E-state index in [9.17, 15) is 0 Å². The molecule has 0 spiro atoms. The number of H-pyrrole nitrogens is 1. The number of hydrogen-bond acceptors (Lipinski definition) is 2. The van der Waals surface area contributed by atoms with Crippen molar-refractivity contribution in [3.63, 3.8) is 0 Å². The van der Waals surface area contributed by atoms with Crippen LogP contribution in [0, 0.1) is 11.6 Å². The summed E-state index contributed by atoms with van der Waals surface area (Å²) in [7, 11) is 0. The van der Waals surface area contributed by atoms with Gasteiger partial charge in [0.2, 0.25) is 0 Å². The van der Waals surface area contributed by atoms with Gasteiger partial charge in [0.1, 0.15) is 4.64 Å². The van der Waals surface area contributed by atoms with Gasteiger partial charge < -0.3 is 0 Å². The van der Waals surface area contributed by atoms with Gasteiger partial charge >= 0.3 is 0 Å². The van der Waals surface area contributed by atoms with E-state index in [-0.39, 0.29) is 0 Å². The van der Waals surface area contributed by atoms with Crippen LogP contribution in [0.4, 0.5) is 0 Å². The molecule has 0 aliphatic rings. The zero-order valence-electron chi connectivity index (χ0n) is 9.64. The summed E-state index contributed by atoms with van der Waals surface area (Å²) in [5.41, 5.74) is 3.69. The molecule has 3 nitrogen and oxygen atoms in total. The van der Waals surface area contributed by atoms with Gasteiger partial charge in [0.15, 0.2) is 5.65 Å². The minimum absolute atomic E-state index is 0.707. The quantitative estimate of drug-likeness (QED) is 0.681. The van der Waals surface area contributed by atoms with Gasteiger partial charge in [-0.1, -0.05) is 36.0 Å². The summed E-state index contributed by atoms with van der Waals surface area (Å²) < 4.78 is 2.50. The highest BCUT2D eigenvalue weighted by Gasteiger charge is 2.05. The smallest absolute Gasteiger partial charge is 0.155 e. The first-order valence-corrected chi connectivity index (χ1v) is 6.27. The van der Waals surface area contributed by atoms with Crippen molar-refractivity contribution in [1.29, 1.82) is 0 Å². The van der Waals surface area contributed by atoms with E-state index < -0.39 is 0 Å². The molecule has 0 atom stereocenters. The molecule has 0 saturated heterocycles. The van der Waals surface area contributed by atoms with Crippen LogP contribution in [-0.4, -0.2) is 14.6 Å². The molecule has 0 unspecified atom stereocenters. The third-order valence-corrected chi connectivity index (χ3v) is 3.25. The second kappa shape index (κ2) is 4.23. The maximum atomic E-state index is 5.99. The first kappa shape index (κ1) is 11.4. The fourth-order valence-electron chi connectivity index (χ4n) is 1.91. The van der Waals surface area contributed by atoms with Gasteiger partial charge in [-0.3, -0.25) is 5.10 Å². The van der Waals surface area contributed by atoms with Gasteiger partial charge in [0.25, 0.3) is 0 Å². The lowest BCUT2D eigenvalue weighted by molar-refractivity contribution is 0.918. The van der Waals surface area contributed by atoms with E-state index in [1.54, 1.807) is 4.52 Å². The van der Waals surface area contributed by atoms with Crippen LogP contribution >= 0.6 is 23.8 Å². The summed E-state index contributed by atoms with van der Waals surface area (Å²) in [5.74, 6) is 0. The van der Waals surface area contributed by atoms with Crippen molar-refractivity contribution in [2.45, 2.75) is 6.92 Å². The highest BCUT2D eigenvalue weighted by molar-refractivity contribution is 7.71. The third-order valence-electron chi connectivity index (χ3n) is 2.71. The molecule has 2 aromatic heterocycles. The number of fused-ring (bicyclic) bond motifs is 1. The molecule has 1 N–H and O–H groups in total. The standard InChI is InChI=1S/C13H10ClN3S/c1-8-5-13(18)17-12(15-8)7-11(16-17)9-3-2-4-10(14)6-9/h2-7,16H,1H3. The number of benzene rings is 1. The van der Waals surface area contributed by atoms with Crippen LogP contribution < -0.4 is 0 Å². The predicted molar refractivity (Wildman–Crippen MR) is 75.6 cm³/mol. The summed E-state index contributed by atoms with van der Waals surface area (Å²) in [6, 6.07) is 11.5. The molecule has 0 radical (unpaired) electrons. The Kier molecular flexibility index (Phi) is 2.69. The molecule has 2 heterocycles. The molecule has 0 bridgehead atoms. The van der Waals surface area contributed by atoms with E-state index in [4.69, 9.17) is 23.8 Å². The van der Waals surface area contributed by atoms with Crippen molar-refractivity contribution in [1.82, 2.24) is 14.6 Å². The van der Waals surface area contributed by atoms with E-state index in [2.05, 4.69) is 10.1 Å². The summed E-state index contributed by atoms with van der Waals surface area (Å²) in [4.78, 5) is 4.44. The third kappa shape index (κ3) is 1.94. The van der Waals surface area contributed by atoms with Gasteiger partial charge in [0, 0.05) is 22.3 Å². The van der Waals surface area contributed by atoms with Crippen LogP contribution in [0.15, 0.2) is 36.4 Å². The number of rotatable bonds is 1. The second-order valence-corrected chi connectivity index (χ2v) is 4.96. The molecular weight excluding hydrogens is 266 g/mol.